The monoisotopic (exact) mass is 447 g/mol. The van der Waals surface area contributed by atoms with Crippen molar-refractivity contribution in [1.82, 2.24) is 4.98 Å². The SMILES string of the molecule is Cl.Cl.NC1(C(=O)Nc2ccc(Oc3cccc(Br)c3)nc2)CCCC1. The van der Waals surface area contributed by atoms with E-state index in [-0.39, 0.29) is 30.7 Å². The number of anilines is 1. The highest BCUT2D eigenvalue weighted by atomic mass is 79.9. The minimum atomic E-state index is -0.745. The molecular formula is C17H20BrCl2N3O2. The zero-order valence-corrected chi connectivity index (χ0v) is 16.6. The summed E-state index contributed by atoms with van der Waals surface area (Å²) in [5.41, 5.74) is 6.01. The molecule has 3 rings (SSSR count). The van der Waals surface area contributed by atoms with Crippen LogP contribution in [0, 0.1) is 0 Å². The van der Waals surface area contributed by atoms with Crippen molar-refractivity contribution in [2.75, 3.05) is 5.32 Å². The Kier molecular flexibility index (Phi) is 8.15. The molecule has 1 aliphatic carbocycles. The first-order chi connectivity index (χ1) is 11.0. The van der Waals surface area contributed by atoms with E-state index in [1.807, 2.05) is 24.3 Å². The standard InChI is InChI=1S/C17H18BrN3O2.2ClH/c18-12-4-3-5-14(10-12)23-15-7-6-13(11-20-15)21-16(22)17(19)8-1-2-9-17;;/h3-7,10-11H,1-2,8-9,19H2,(H,21,22);2*1H. The molecule has 25 heavy (non-hydrogen) atoms. The van der Waals surface area contributed by atoms with E-state index in [0.29, 0.717) is 17.3 Å². The molecule has 0 atom stereocenters. The lowest BCUT2D eigenvalue weighted by molar-refractivity contribution is -0.121. The Bertz CT molecular complexity index is 707. The van der Waals surface area contributed by atoms with E-state index in [0.717, 1.165) is 30.2 Å². The van der Waals surface area contributed by atoms with Crippen molar-refractivity contribution in [2.24, 2.45) is 5.73 Å². The fourth-order valence-corrected chi connectivity index (χ4v) is 3.03. The van der Waals surface area contributed by atoms with Gasteiger partial charge in [-0.1, -0.05) is 34.8 Å². The van der Waals surface area contributed by atoms with E-state index in [9.17, 15) is 4.79 Å². The first-order valence-corrected chi connectivity index (χ1v) is 8.34. The minimum Gasteiger partial charge on any atom is -0.439 e. The number of halogens is 3. The molecule has 0 unspecified atom stereocenters. The molecule has 1 aliphatic rings. The van der Waals surface area contributed by atoms with Gasteiger partial charge in [0.2, 0.25) is 11.8 Å². The molecule has 1 heterocycles. The lowest BCUT2D eigenvalue weighted by atomic mass is 9.98. The van der Waals surface area contributed by atoms with Crippen molar-refractivity contribution in [3.05, 3.63) is 47.1 Å². The molecule has 1 amide bonds. The molecule has 0 aliphatic heterocycles. The van der Waals surface area contributed by atoms with Crippen LogP contribution < -0.4 is 15.8 Å². The maximum Gasteiger partial charge on any atom is 0.244 e. The topological polar surface area (TPSA) is 77.2 Å². The van der Waals surface area contributed by atoms with Gasteiger partial charge >= 0.3 is 0 Å². The van der Waals surface area contributed by atoms with E-state index in [1.165, 1.54) is 0 Å². The summed E-state index contributed by atoms with van der Waals surface area (Å²) < 4.78 is 6.59. The van der Waals surface area contributed by atoms with Gasteiger partial charge in [-0.3, -0.25) is 4.79 Å². The zero-order chi connectivity index (χ0) is 16.3. The number of benzene rings is 1. The third-order valence-electron chi connectivity index (χ3n) is 3.96. The third kappa shape index (κ3) is 5.57. The summed E-state index contributed by atoms with van der Waals surface area (Å²) in [7, 11) is 0. The van der Waals surface area contributed by atoms with Crippen molar-refractivity contribution in [2.45, 2.75) is 31.2 Å². The number of pyridine rings is 1. The van der Waals surface area contributed by atoms with Crippen LogP contribution in [0.1, 0.15) is 25.7 Å². The summed E-state index contributed by atoms with van der Waals surface area (Å²) in [6.45, 7) is 0. The van der Waals surface area contributed by atoms with Crippen LogP contribution in [-0.2, 0) is 4.79 Å². The number of nitrogens with one attached hydrogen (secondary N) is 1. The van der Waals surface area contributed by atoms with Gasteiger partial charge in [0.1, 0.15) is 5.75 Å². The normalized spacial score (nSPS) is 14.8. The highest BCUT2D eigenvalue weighted by Gasteiger charge is 2.36. The fraction of sp³-hybridized carbons (Fsp3) is 0.294. The van der Waals surface area contributed by atoms with Gasteiger partial charge in [-0.25, -0.2) is 4.98 Å². The molecule has 1 aromatic heterocycles. The van der Waals surface area contributed by atoms with E-state index in [2.05, 4.69) is 26.2 Å². The van der Waals surface area contributed by atoms with E-state index in [1.54, 1.807) is 18.3 Å². The van der Waals surface area contributed by atoms with E-state index < -0.39 is 5.54 Å². The Hall–Kier alpha value is -1.34. The van der Waals surface area contributed by atoms with Crippen molar-refractivity contribution in [1.29, 1.82) is 0 Å². The largest absolute Gasteiger partial charge is 0.439 e. The molecule has 1 saturated carbocycles. The van der Waals surface area contributed by atoms with Crippen molar-refractivity contribution in [3.8, 4) is 11.6 Å². The van der Waals surface area contributed by atoms with E-state index >= 15 is 0 Å². The Labute approximate surface area is 167 Å². The van der Waals surface area contributed by atoms with Crippen LogP contribution in [0.15, 0.2) is 47.1 Å². The summed E-state index contributed by atoms with van der Waals surface area (Å²) in [5.74, 6) is 1.01. The molecule has 136 valence electrons. The number of aromatic nitrogens is 1. The van der Waals surface area contributed by atoms with Gasteiger partial charge in [-0.2, -0.15) is 0 Å². The highest BCUT2D eigenvalue weighted by molar-refractivity contribution is 9.10. The quantitative estimate of drug-likeness (QED) is 0.711. The molecule has 2 aromatic rings. The molecule has 0 saturated heterocycles. The third-order valence-corrected chi connectivity index (χ3v) is 4.45. The van der Waals surface area contributed by atoms with Crippen LogP contribution in [0.2, 0.25) is 0 Å². The average molecular weight is 449 g/mol. The van der Waals surface area contributed by atoms with Crippen LogP contribution in [0.25, 0.3) is 0 Å². The molecular weight excluding hydrogens is 429 g/mol. The Morgan fingerprint density at radius 3 is 2.52 bits per heavy atom. The predicted molar refractivity (Wildman–Crippen MR) is 107 cm³/mol. The molecule has 1 aromatic carbocycles. The average Bonchev–Trinajstić information content (AvgIpc) is 2.97. The molecule has 0 bridgehead atoms. The molecule has 3 N–H and O–H groups in total. The number of amides is 1. The lowest BCUT2D eigenvalue weighted by Crippen LogP contribution is -2.48. The van der Waals surface area contributed by atoms with Crippen molar-refractivity contribution < 1.29 is 9.53 Å². The van der Waals surface area contributed by atoms with Crippen LogP contribution in [0.5, 0.6) is 11.6 Å². The number of nitrogens with zero attached hydrogens (tertiary/aromatic N) is 1. The summed E-state index contributed by atoms with van der Waals surface area (Å²) in [4.78, 5) is 16.5. The van der Waals surface area contributed by atoms with Crippen LogP contribution in [0.3, 0.4) is 0 Å². The minimum absolute atomic E-state index is 0. The highest BCUT2D eigenvalue weighted by Crippen LogP contribution is 2.29. The zero-order valence-electron chi connectivity index (χ0n) is 13.4. The number of ether oxygens (including phenoxy) is 1. The number of hydrogen-bond acceptors (Lipinski definition) is 4. The summed E-state index contributed by atoms with van der Waals surface area (Å²) >= 11 is 3.39. The van der Waals surface area contributed by atoms with Gasteiger partial charge in [-0.15, -0.1) is 24.8 Å². The van der Waals surface area contributed by atoms with Gasteiger partial charge in [0.25, 0.3) is 0 Å². The summed E-state index contributed by atoms with van der Waals surface area (Å²) in [6, 6.07) is 11.0. The maximum absolute atomic E-state index is 12.2. The second-order valence-corrected chi connectivity index (χ2v) is 6.68. The number of hydrogen-bond donors (Lipinski definition) is 2. The van der Waals surface area contributed by atoms with Gasteiger partial charge in [0, 0.05) is 10.5 Å². The second kappa shape index (κ2) is 9.38. The van der Waals surface area contributed by atoms with Gasteiger partial charge < -0.3 is 15.8 Å². The van der Waals surface area contributed by atoms with Gasteiger partial charge in [-0.05, 0) is 37.1 Å². The van der Waals surface area contributed by atoms with Crippen molar-refractivity contribution in [3.63, 3.8) is 0 Å². The summed E-state index contributed by atoms with van der Waals surface area (Å²) in [6.07, 6.45) is 5.04. The molecule has 0 spiro atoms. The second-order valence-electron chi connectivity index (χ2n) is 5.76. The van der Waals surface area contributed by atoms with Crippen molar-refractivity contribution >= 4 is 52.3 Å². The Balaban J connectivity index is 0.00000156. The van der Waals surface area contributed by atoms with Gasteiger partial charge in [0.05, 0.1) is 17.4 Å². The maximum atomic E-state index is 12.2. The molecule has 8 heteroatoms. The summed E-state index contributed by atoms with van der Waals surface area (Å²) in [5, 5.41) is 2.84. The number of carbonyl (C=O) groups is 1. The fourth-order valence-electron chi connectivity index (χ4n) is 2.65. The molecule has 0 radical (unpaired) electrons. The van der Waals surface area contributed by atoms with Gasteiger partial charge in [0.15, 0.2) is 0 Å². The van der Waals surface area contributed by atoms with E-state index in [4.69, 9.17) is 10.5 Å². The number of nitrogens with two attached hydrogens (primary N) is 1. The smallest absolute Gasteiger partial charge is 0.244 e. The number of carbonyl (C=O) groups excluding carboxylic acids is 1. The van der Waals surface area contributed by atoms with Crippen LogP contribution in [0.4, 0.5) is 5.69 Å². The lowest BCUT2D eigenvalue weighted by Gasteiger charge is -2.22. The number of rotatable bonds is 4. The first-order valence-electron chi connectivity index (χ1n) is 7.55. The van der Waals surface area contributed by atoms with Crippen LogP contribution in [-0.4, -0.2) is 16.4 Å². The molecule has 1 fully saturated rings. The first kappa shape index (κ1) is 21.7. The Morgan fingerprint density at radius 2 is 1.92 bits per heavy atom. The molecule has 5 nitrogen and oxygen atoms in total. The predicted octanol–water partition coefficient (Wildman–Crippen LogP) is 4.69. The Morgan fingerprint density at radius 1 is 1.20 bits per heavy atom. The van der Waals surface area contributed by atoms with Crippen LogP contribution >= 0.6 is 40.7 Å².